The fraction of sp³-hybridized carbons (Fsp3) is 1.00. The fourth-order valence-electron chi connectivity index (χ4n) is 3.54. The smallest absolute Gasteiger partial charge is 0.150 e. The van der Waals surface area contributed by atoms with Gasteiger partial charge in [-0.15, -0.1) is 0 Å². The third kappa shape index (κ3) is 3.74. The van der Waals surface area contributed by atoms with E-state index >= 15 is 0 Å². The molecule has 0 amide bonds. The molecule has 0 atom stereocenters. The predicted octanol–water partition coefficient (Wildman–Crippen LogP) is 1.81. The number of piperazine rings is 1. The summed E-state index contributed by atoms with van der Waals surface area (Å²) in [6.07, 6.45) is 5.95. The highest BCUT2D eigenvalue weighted by molar-refractivity contribution is 7.91. The van der Waals surface area contributed by atoms with E-state index in [-0.39, 0.29) is 11.3 Å². The van der Waals surface area contributed by atoms with Crippen molar-refractivity contribution in [2.75, 3.05) is 31.1 Å². The van der Waals surface area contributed by atoms with Gasteiger partial charge in [-0.05, 0) is 39.7 Å². The van der Waals surface area contributed by atoms with Crippen molar-refractivity contribution in [2.24, 2.45) is 0 Å². The summed E-state index contributed by atoms with van der Waals surface area (Å²) in [6, 6.07) is 0. The SMILES string of the molecule is CCS(=O)(=O)CCCN1CC2(CCCC2)NCC1(C)C. The van der Waals surface area contributed by atoms with Crippen LogP contribution in [0.25, 0.3) is 0 Å². The molecule has 118 valence electrons. The minimum atomic E-state index is -2.83. The highest BCUT2D eigenvalue weighted by Crippen LogP contribution is 2.35. The Kier molecular flexibility index (Phi) is 4.82. The summed E-state index contributed by atoms with van der Waals surface area (Å²) in [5, 5.41) is 3.77. The first-order valence-electron chi connectivity index (χ1n) is 7.99. The van der Waals surface area contributed by atoms with Gasteiger partial charge >= 0.3 is 0 Å². The molecule has 0 radical (unpaired) electrons. The molecule has 1 saturated carbocycles. The van der Waals surface area contributed by atoms with Crippen LogP contribution in [0.5, 0.6) is 0 Å². The van der Waals surface area contributed by atoms with Crippen molar-refractivity contribution < 1.29 is 8.42 Å². The summed E-state index contributed by atoms with van der Waals surface area (Å²) in [6.45, 7) is 9.24. The van der Waals surface area contributed by atoms with E-state index in [1.165, 1.54) is 25.7 Å². The maximum atomic E-state index is 11.6. The van der Waals surface area contributed by atoms with Crippen LogP contribution in [0.1, 0.15) is 52.9 Å². The number of hydrogen-bond donors (Lipinski definition) is 1. The lowest BCUT2D eigenvalue weighted by molar-refractivity contribution is 0.0287. The van der Waals surface area contributed by atoms with E-state index in [1.807, 2.05) is 0 Å². The standard InChI is InChI=1S/C15H30N2O2S/c1-4-20(18,19)11-7-10-17-13-15(8-5-6-9-15)16-12-14(17,2)3/h16H,4-13H2,1-3H3. The number of nitrogens with one attached hydrogen (secondary N) is 1. The van der Waals surface area contributed by atoms with Gasteiger partial charge in [0.2, 0.25) is 0 Å². The minimum Gasteiger partial charge on any atom is -0.308 e. The molecule has 1 saturated heterocycles. The van der Waals surface area contributed by atoms with Crippen molar-refractivity contribution in [1.29, 1.82) is 0 Å². The molecule has 0 bridgehead atoms. The Hall–Kier alpha value is -0.130. The first kappa shape index (κ1) is 16.2. The predicted molar refractivity (Wildman–Crippen MR) is 83.8 cm³/mol. The van der Waals surface area contributed by atoms with E-state index in [9.17, 15) is 8.42 Å². The van der Waals surface area contributed by atoms with E-state index in [0.717, 1.165) is 26.1 Å². The molecule has 1 aliphatic carbocycles. The monoisotopic (exact) mass is 302 g/mol. The molecular weight excluding hydrogens is 272 g/mol. The van der Waals surface area contributed by atoms with Gasteiger partial charge in [-0.1, -0.05) is 19.8 Å². The molecule has 1 spiro atoms. The van der Waals surface area contributed by atoms with Gasteiger partial charge in [-0.3, -0.25) is 4.90 Å². The zero-order valence-corrected chi connectivity index (χ0v) is 14.1. The Balaban J connectivity index is 1.93. The molecule has 0 aromatic rings. The van der Waals surface area contributed by atoms with Gasteiger partial charge in [0, 0.05) is 29.9 Å². The van der Waals surface area contributed by atoms with E-state index in [1.54, 1.807) is 6.92 Å². The Morgan fingerprint density at radius 3 is 2.45 bits per heavy atom. The highest BCUT2D eigenvalue weighted by Gasteiger charge is 2.43. The fourth-order valence-corrected chi connectivity index (χ4v) is 4.40. The molecule has 4 nitrogen and oxygen atoms in total. The van der Waals surface area contributed by atoms with Crippen LogP contribution in [0.3, 0.4) is 0 Å². The average Bonchev–Trinajstić information content (AvgIpc) is 2.83. The molecular formula is C15H30N2O2S. The average molecular weight is 302 g/mol. The molecule has 0 aromatic heterocycles. The van der Waals surface area contributed by atoms with Gasteiger partial charge in [0.05, 0.1) is 5.75 Å². The quantitative estimate of drug-likeness (QED) is 0.841. The molecule has 2 fully saturated rings. The lowest BCUT2D eigenvalue weighted by Gasteiger charge is -2.51. The van der Waals surface area contributed by atoms with Gasteiger partial charge in [0.15, 0.2) is 0 Å². The molecule has 1 aliphatic heterocycles. The molecule has 0 aromatic carbocycles. The van der Waals surface area contributed by atoms with Crippen LogP contribution in [0.4, 0.5) is 0 Å². The van der Waals surface area contributed by atoms with Crippen molar-refractivity contribution >= 4 is 9.84 Å². The molecule has 1 N–H and O–H groups in total. The Morgan fingerprint density at radius 2 is 1.85 bits per heavy atom. The highest BCUT2D eigenvalue weighted by atomic mass is 32.2. The van der Waals surface area contributed by atoms with E-state index in [0.29, 0.717) is 11.3 Å². The molecule has 5 heteroatoms. The summed E-state index contributed by atoms with van der Waals surface area (Å²) >= 11 is 0. The van der Waals surface area contributed by atoms with Crippen molar-refractivity contribution in [3.05, 3.63) is 0 Å². The maximum Gasteiger partial charge on any atom is 0.150 e. The van der Waals surface area contributed by atoms with Crippen molar-refractivity contribution in [2.45, 2.75) is 64.0 Å². The van der Waals surface area contributed by atoms with Crippen LogP contribution in [0, 0.1) is 0 Å². The molecule has 20 heavy (non-hydrogen) atoms. The van der Waals surface area contributed by atoms with E-state index < -0.39 is 9.84 Å². The normalized spacial score (nSPS) is 26.1. The summed E-state index contributed by atoms with van der Waals surface area (Å²) in [5.41, 5.74) is 0.433. The first-order valence-corrected chi connectivity index (χ1v) is 9.81. The summed E-state index contributed by atoms with van der Waals surface area (Å²) < 4.78 is 23.2. The lowest BCUT2D eigenvalue weighted by atomic mass is 9.87. The molecule has 2 aliphatic rings. The Labute approximate surface area is 124 Å². The summed E-state index contributed by atoms with van der Waals surface area (Å²) in [4.78, 5) is 2.51. The van der Waals surface area contributed by atoms with E-state index in [4.69, 9.17) is 0 Å². The number of sulfone groups is 1. The van der Waals surface area contributed by atoms with Gasteiger partial charge < -0.3 is 5.32 Å². The van der Waals surface area contributed by atoms with Crippen LogP contribution < -0.4 is 5.32 Å². The zero-order chi connectivity index (χ0) is 14.9. The second-order valence-electron chi connectivity index (χ2n) is 7.16. The molecule has 0 unspecified atom stereocenters. The van der Waals surface area contributed by atoms with Gasteiger partial charge in [-0.25, -0.2) is 8.42 Å². The minimum absolute atomic E-state index is 0.129. The lowest BCUT2D eigenvalue weighted by Crippen LogP contribution is -2.67. The summed E-state index contributed by atoms with van der Waals surface area (Å²) in [7, 11) is -2.83. The Morgan fingerprint density at radius 1 is 1.20 bits per heavy atom. The zero-order valence-electron chi connectivity index (χ0n) is 13.2. The van der Waals surface area contributed by atoms with Gasteiger partial charge in [-0.2, -0.15) is 0 Å². The second-order valence-corrected chi connectivity index (χ2v) is 9.64. The first-order chi connectivity index (χ1) is 9.29. The topological polar surface area (TPSA) is 49.4 Å². The Bertz CT molecular complexity index is 425. The van der Waals surface area contributed by atoms with Crippen molar-refractivity contribution in [3.63, 3.8) is 0 Å². The van der Waals surface area contributed by atoms with Crippen molar-refractivity contribution in [3.8, 4) is 0 Å². The van der Waals surface area contributed by atoms with Crippen LogP contribution >= 0.6 is 0 Å². The molecule has 2 rings (SSSR count). The third-order valence-electron chi connectivity index (χ3n) is 5.13. The number of rotatable bonds is 5. The third-order valence-corrected chi connectivity index (χ3v) is 6.92. The number of hydrogen-bond acceptors (Lipinski definition) is 4. The molecule has 1 heterocycles. The maximum absolute atomic E-state index is 11.6. The van der Waals surface area contributed by atoms with Crippen molar-refractivity contribution in [1.82, 2.24) is 10.2 Å². The largest absolute Gasteiger partial charge is 0.308 e. The van der Waals surface area contributed by atoms with E-state index in [2.05, 4.69) is 24.1 Å². The van der Waals surface area contributed by atoms with Gasteiger partial charge in [0.1, 0.15) is 9.84 Å². The van der Waals surface area contributed by atoms with Crippen LogP contribution in [0.15, 0.2) is 0 Å². The summed E-state index contributed by atoms with van der Waals surface area (Å²) in [5.74, 6) is 0.596. The second kappa shape index (κ2) is 5.93. The van der Waals surface area contributed by atoms with Gasteiger partial charge in [0.25, 0.3) is 0 Å². The van der Waals surface area contributed by atoms with Crippen LogP contribution in [-0.2, 0) is 9.84 Å². The van der Waals surface area contributed by atoms with Crippen LogP contribution in [-0.4, -0.2) is 55.5 Å². The number of nitrogens with zero attached hydrogens (tertiary/aromatic N) is 1. The van der Waals surface area contributed by atoms with Crippen LogP contribution in [0.2, 0.25) is 0 Å².